The molecule has 0 spiro atoms. The van der Waals surface area contributed by atoms with Gasteiger partial charge in [0.15, 0.2) is 11.3 Å². The Hall–Kier alpha value is -1.07. The van der Waals surface area contributed by atoms with Crippen molar-refractivity contribution in [3.05, 3.63) is 33.1 Å². The van der Waals surface area contributed by atoms with Gasteiger partial charge in [0.05, 0.1) is 0 Å². The quantitative estimate of drug-likeness (QED) is 0.322. The number of halogens is 1. The van der Waals surface area contributed by atoms with Gasteiger partial charge in [-0.25, -0.2) is 4.79 Å². The molecule has 1 aliphatic rings. The number of H-pyrrole nitrogens is 1. The number of nitrogens with one attached hydrogen (secondary N) is 1. The maximum atomic E-state index is 12.0. The third-order valence-corrected chi connectivity index (χ3v) is 6.70. The highest BCUT2D eigenvalue weighted by molar-refractivity contribution is 8.13. The van der Waals surface area contributed by atoms with Crippen LogP contribution in [0.15, 0.2) is 21.9 Å². The molecule has 0 bridgehead atoms. The summed E-state index contributed by atoms with van der Waals surface area (Å²) < 4.78 is 28.7. The average Bonchev–Trinajstić information content (AvgIpc) is 2.86. The van der Waals surface area contributed by atoms with Gasteiger partial charge in [-0.2, -0.15) is 0 Å². The number of ether oxygens (including phenoxy) is 1. The van der Waals surface area contributed by atoms with E-state index in [2.05, 4.69) is 4.98 Å². The number of nitrogens with zero attached hydrogens (tertiary/aromatic N) is 1. The lowest BCUT2D eigenvalue weighted by molar-refractivity contribution is -0.117. The van der Waals surface area contributed by atoms with Crippen LogP contribution in [0.2, 0.25) is 0 Å². The van der Waals surface area contributed by atoms with Gasteiger partial charge in [0, 0.05) is 28.0 Å². The number of aliphatic hydroxyl groups excluding tert-OH is 1. The molecule has 5 unspecified atom stereocenters. The lowest BCUT2D eigenvalue weighted by Gasteiger charge is -2.26. The highest BCUT2D eigenvalue weighted by atomic mass is 35.5. The lowest BCUT2D eigenvalue weighted by atomic mass is 10.00. The van der Waals surface area contributed by atoms with E-state index < -0.39 is 48.2 Å². The van der Waals surface area contributed by atoms with Crippen LogP contribution in [0.25, 0.3) is 0 Å². The van der Waals surface area contributed by atoms with Crippen LogP contribution >= 0.6 is 31.6 Å². The normalized spacial score (nSPS) is 27.3. The first-order chi connectivity index (χ1) is 13.8. The summed E-state index contributed by atoms with van der Waals surface area (Å²) in [6, 6.07) is 1.13. The summed E-state index contributed by atoms with van der Waals surface area (Å²) in [6.45, 7) is 6.62. The van der Waals surface area contributed by atoms with Gasteiger partial charge in [0.2, 0.25) is 0 Å². The number of hydrogen-bond donors (Lipinski definition) is 2. The summed E-state index contributed by atoms with van der Waals surface area (Å²) in [6.07, 6.45) is -2.13. The summed E-state index contributed by atoms with van der Waals surface area (Å²) in [5.41, 5.74) is -1.80. The Morgan fingerprint density at radius 2 is 2.10 bits per heavy atom. The Balaban J connectivity index is 1.87. The number of hydrogen-bond acceptors (Lipinski definition) is 9. The minimum absolute atomic E-state index is 0.00494. The van der Waals surface area contributed by atoms with E-state index >= 15 is 0 Å². The van der Waals surface area contributed by atoms with Crippen LogP contribution in [0, 0.1) is 5.41 Å². The summed E-state index contributed by atoms with van der Waals surface area (Å²) in [5, 5.41) is 10.5. The number of rotatable bonds is 8. The summed E-state index contributed by atoms with van der Waals surface area (Å²) in [4.78, 5) is 35.7. The van der Waals surface area contributed by atoms with Crippen molar-refractivity contribution < 1.29 is 28.3 Å². The van der Waals surface area contributed by atoms with E-state index in [4.69, 9.17) is 25.4 Å². The predicted molar refractivity (Wildman–Crippen MR) is 112 cm³/mol. The van der Waals surface area contributed by atoms with Crippen molar-refractivity contribution in [2.75, 3.05) is 19.0 Å². The molecule has 0 aliphatic carbocycles. The second kappa shape index (κ2) is 10.0. The molecule has 2 N–H and O–H groups in total. The molecular formula is C17H25ClN2O8PS+. The van der Waals surface area contributed by atoms with E-state index in [9.17, 15) is 24.1 Å². The van der Waals surface area contributed by atoms with Crippen LogP contribution < -0.4 is 11.2 Å². The van der Waals surface area contributed by atoms with Crippen molar-refractivity contribution in [2.45, 2.75) is 51.0 Å². The van der Waals surface area contributed by atoms with Gasteiger partial charge in [-0.15, -0.1) is 20.6 Å². The van der Waals surface area contributed by atoms with Gasteiger partial charge in [-0.1, -0.05) is 32.5 Å². The molecule has 1 aliphatic heterocycles. The number of alkyl halides is 1. The molecule has 1 saturated heterocycles. The third-order valence-electron chi connectivity index (χ3n) is 4.29. The standard InChI is InChI=1S/C17H24ClN2O8PS/c1-16(2,3)14(23)30-8-7-26-29(25)27-9-10-12(22)17(4,18)13(28-10)20-6-5-11(21)19-15(20)24/h5-6,10,12-13,22H,7-9H2,1-4H3/p+1. The molecular weight excluding hydrogens is 459 g/mol. The number of carbonyl (C=O) groups is 1. The van der Waals surface area contributed by atoms with Gasteiger partial charge < -0.3 is 9.84 Å². The van der Waals surface area contributed by atoms with Gasteiger partial charge in [0.1, 0.15) is 30.3 Å². The molecule has 0 radical (unpaired) electrons. The zero-order chi connectivity index (χ0) is 22.7. The molecule has 13 heteroatoms. The Bertz CT molecular complexity index is 897. The molecule has 0 amide bonds. The molecule has 1 aromatic rings. The Morgan fingerprint density at radius 1 is 1.43 bits per heavy atom. The van der Waals surface area contributed by atoms with E-state index in [0.717, 1.165) is 22.4 Å². The first-order valence-corrected chi connectivity index (χ1v) is 11.5. The first kappa shape index (κ1) is 25.2. The summed E-state index contributed by atoms with van der Waals surface area (Å²) in [5.74, 6) is 0.319. The summed E-state index contributed by atoms with van der Waals surface area (Å²) >= 11 is 7.47. The van der Waals surface area contributed by atoms with Crippen molar-refractivity contribution in [1.82, 2.24) is 9.55 Å². The van der Waals surface area contributed by atoms with Crippen LogP contribution in [0.1, 0.15) is 33.9 Å². The van der Waals surface area contributed by atoms with Crippen LogP contribution in [-0.4, -0.2) is 55.8 Å². The third kappa shape index (κ3) is 6.23. The Kier molecular flexibility index (Phi) is 8.43. The van der Waals surface area contributed by atoms with Crippen molar-refractivity contribution in [1.29, 1.82) is 0 Å². The molecule has 1 aromatic heterocycles. The second-order valence-corrected chi connectivity index (χ2v) is 10.7. The topological polar surface area (TPSA) is 137 Å². The van der Waals surface area contributed by atoms with Crippen LogP contribution in [0.3, 0.4) is 0 Å². The number of carbonyl (C=O) groups excluding carboxylic acids is 1. The van der Waals surface area contributed by atoms with Crippen LogP contribution in [0.4, 0.5) is 0 Å². The van der Waals surface area contributed by atoms with Gasteiger partial charge in [-0.05, 0) is 6.92 Å². The maximum absolute atomic E-state index is 12.0. The molecule has 1 fully saturated rings. The molecule has 0 aromatic carbocycles. The van der Waals surface area contributed by atoms with Crippen molar-refractivity contribution in [3.63, 3.8) is 0 Å². The molecule has 30 heavy (non-hydrogen) atoms. The van der Waals surface area contributed by atoms with E-state index in [1.54, 1.807) is 20.8 Å². The zero-order valence-corrected chi connectivity index (χ0v) is 19.5. The maximum Gasteiger partial charge on any atom is 0.697 e. The fourth-order valence-corrected chi connectivity index (χ4v) is 4.39. The predicted octanol–water partition coefficient (Wildman–Crippen LogP) is 1.79. The fourth-order valence-electron chi connectivity index (χ4n) is 2.60. The van der Waals surface area contributed by atoms with Crippen molar-refractivity contribution in [2.24, 2.45) is 5.41 Å². The first-order valence-electron chi connectivity index (χ1n) is 9.08. The lowest BCUT2D eigenvalue weighted by Crippen LogP contribution is -2.42. The number of aromatic nitrogens is 2. The largest absolute Gasteiger partial charge is 0.697 e. The van der Waals surface area contributed by atoms with E-state index in [1.165, 1.54) is 13.1 Å². The summed E-state index contributed by atoms with van der Waals surface area (Å²) in [7, 11) is -2.51. The monoisotopic (exact) mass is 483 g/mol. The van der Waals surface area contributed by atoms with Crippen molar-refractivity contribution in [3.8, 4) is 0 Å². The van der Waals surface area contributed by atoms with Gasteiger partial charge >= 0.3 is 13.9 Å². The van der Waals surface area contributed by atoms with Gasteiger partial charge in [0.25, 0.3) is 5.56 Å². The molecule has 168 valence electrons. The minimum atomic E-state index is -2.51. The molecule has 0 saturated carbocycles. The van der Waals surface area contributed by atoms with Crippen molar-refractivity contribution >= 4 is 36.7 Å². The zero-order valence-electron chi connectivity index (χ0n) is 17.0. The fraction of sp³-hybridized carbons (Fsp3) is 0.706. The number of aliphatic hydroxyl groups is 1. The minimum Gasteiger partial charge on any atom is -0.388 e. The number of thioether (sulfide) groups is 1. The van der Waals surface area contributed by atoms with E-state index in [-0.39, 0.29) is 18.3 Å². The molecule has 5 atom stereocenters. The smallest absolute Gasteiger partial charge is 0.388 e. The second-order valence-electron chi connectivity index (χ2n) is 7.88. The van der Waals surface area contributed by atoms with Crippen LogP contribution in [0.5, 0.6) is 0 Å². The highest BCUT2D eigenvalue weighted by Gasteiger charge is 2.54. The molecule has 2 heterocycles. The van der Waals surface area contributed by atoms with Gasteiger partial charge in [-0.3, -0.25) is 19.1 Å². The highest BCUT2D eigenvalue weighted by Crippen LogP contribution is 2.43. The number of aromatic amines is 1. The Morgan fingerprint density at radius 3 is 2.70 bits per heavy atom. The van der Waals surface area contributed by atoms with Crippen LogP contribution in [-0.2, 0) is 23.1 Å². The molecule has 10 nitrogen and oxygen atoms in total. The van der Waals surface area contributed by atoms with E-state index in [0.29, 0.717) is 5.75 Å². The SMILES string of the molecule is CC(C)(C)C(=O)SCCO[P+](=O)OCC1OC(n2ccc(=O)[nH]c2=O)C(C)(Cl)C1O. The van der Waals surface area contributed by atoms with E-state index in [1.807, 2.05) is 0 Å². The molecule has 2 rings (SSSR count). The Labute approximate surface area is 183 Å². The average molecular weight is 484 g/mol.